The third kappa shape index (κ3) is 3.51. The summed E-state index contributed by atoms with van der Waals surface area (Å²) in [6.07, 6.45) is 0. The summed E-state index contributed by atoms with van der Waals surface area (Å²) >= 11 is 0. The van der Waals surface area contributed by atoms with Crippen LogP contribution in [0.2, 0.25) is 0 Å². The second-order valence-electron chi connectivity index (χ2n) is 4.64. The van der Waals surface area contributed by atoms with Gasteiger partial charge in [0, 0.05) is 24.3 Å². The summed E-state index contributed by atoms with van der Waals surface area (Å²) in [7, 11) is 0. The molecule has 5 heteroatoms. The number of hydrogen-bond donors (Lipinski definition) is 2. The SMILES string of the molecule is CCN(Cc1ccccc1C(N)=NO)c1cccc(F)c1. The van der Waals surface area contributed by atoms with Gasteiger partial charge in [0.05, 0.1) is 0 Å². The fourth-order valence-corrected chi connectivity index (χ4v) is 2.23. The molecule has 0 bridgehead atoms. The van der Waals surface area contributed by atoms with Gasteiger partial charge in [-0.1, -0.05) is 35.5 Å². The standard InChI is InChI=1S/C16H18FN3O/c1-2-20(14-8-5-7-13(17)10-14)11-12-6-3-4-9-15(12)16(18)19-21/h3-10,21H,2,11H2,1H3,(H2,18,19). The molecule has 21 heavy (non-hydrogen) atoms. The monoisotopic (exact) mass is 287 g/mol. The molecule has 2 aromatic rings. The van der Waals surface area contributed by atoms with E-state index in [1.807, 2.05) is 36.1 Å². The molecule has 0 aromatic heterocycles. The van der Waals surface area contributed by atoms with E-state index in [2.05, 4.69) is 5.16 Å². The van der Waals surface area contributed by atoms with E-state index < -0.39 is 0 Å². The molecule has 110 valence electrons. The van der Waals surface area contributed by atoms with Gasteiger partial charge in [-0.2, -0.15) is 0 Å². The van der Waals surface area contributed by atoms with Crippen molar-refractivity contribution in [3.63, 3.8) is 0 Å². The lowest BCUT2D eigenvalue weighted by molar-refractivity contribution is 0.318. The maximum Gasteiger partial charge on any atom is 0.170 e. The van der Waals surface area contributed by atoms with Gasteiger partial charge in [0.25, 0.3) is 0 Å². The van der Waals surface area contributed by atoms with Crippen molar-refractivity contribution in [3.8, 4) is 0 Å². The van der Waals surface area contributed by atoms with Crippen molar-refractivity contribution in [2.45, 2.75) is 13.5 Å². The number of nitrogens with two attached hydrogens (primary N) is 1. The molecule has 4 nitrogen and oxygen atoms in total. The van der Waals surface area contributed by atoms with Crippen molar-refractivity contribution in [1.82, 2.24) is 0 Å². The largest absolute Gasteiger partial charge is 0.409 e. The first-order chi connectivity index (χ1) is 10.2. The van der Waals surface area contributed by atoms with Crippen LogP contribution in [0.3, 0.4) is 0 Å². The first-order valence-electron chi connectivity index (χ1n) is 6.72. The molecule has 0 unspecified atom stereocenters. The molecule has 3 N–H and O–H groups in total. The Morgan fingerprint density at radius 3 is 2.67 bits per heavy atom. The van der Waals surface area contributed by atoms with E-state index in [4.69, 9.17) is 10.9 Å². The second kappa shape index (κ2) is 6.74. The van der Waals surface area contributed by atoms with Crippen molar-refractivity contribution in [2.24, 2.45) is 10.9 Å². The van der Waals surface area contributed by atoms with Gasteiger partial charge in [-0.25, -0.2) is 4.39 Å². The summed E-state index contributed by atoms with van der Waals surface area (Å²) in [6.45, 7) is 3.26. The molecular formula is C16H18FN3O. The fourth-order valence-electron chi connectivity index (χ4n) is 2.23. The zero-order chi connectivity index (χ0) is 15.2. The van der Waals surface area contributed by atoms with Crippen molar-refractivity contribution in [1.29, 1.82) is 0 Å². The minimum Gasteiger partial charge on any atom is -0.409 e. The minimum atomic E-state index is -0.268. The molecule has 0 amide bonds. The summed E-state index contributed by atoms with van der Waals surface area (Å²) in [6, 6.07) is 13.9. The molecule has 0 saturated heterocycles. The highest BCUT2D eigenvalue weighted by atomic mass is 19.1. The van der Waals surface area contributed by atoms with E-state index in [-0.39, 0.29) is 11.7 Å². The van der Waals surface area contributed by atoms with Crippen LogP contribution < -0.4 is 10.6 Å². The first kappa shape index (κ1) is 14.8. The van der Waals surface area contributed by atoms with Crippen LogP contribution >= 0.6 is 0 Å². The first-order valence-corrected chi connectivity index (χ1v) is 6.72. The number of hydrogen-bond acceptors (Lipinski definition) is 3. The number of oxime groups is 1. The van der Waals surface area contributed by atoms with Crippen molar-refractivity contribution in [3.05, 3.63) is 65.5 Å². The Morgan fingerprint density at radius 2 is 2.00 bits per heavy atom. The molecule has 0 radical (unpaired) electrons. The smallest absolute Gasteiger partial charge is 0.170 e. The van der Waals surface area contributed by atoms with E-state index in [0.717, 1.165) is 11.3 Å². The molecular weight excluding hydrogens is 269 g/mol. The Morgan fingerprint density at radius 1 is 1.24 bits per heavy atom. The lowest BCUT2D eigenvalue weighted by Gasteiger charge is -2.24. The average Bonchev–Trinajstić information content (AvgIpc) is 2.52. The third-order valence-electron chi connectivity index (χ3n) is 3.32. The van der Waals surface area contributed by atoms with Crippen LogP contribution in [-0.4, -0.2) is 17.6 Å². The molecule has 0 spiro atoms. The summed E-state index contributed by atoms with van der Waals surface area (Å²) in [5.41, 5.74) is 8.09. The number of rotatable bonds is 5. The van der Waals surface area contributed by atoms with E-state index in [0.29, 0.717) is 18.7 Å². The molecule has 0 fully saturated rings. The highest BCUT2D eigenvalue weighted by Crippen LogP contribution is 2.20. The summed E-state index contributed by atoms with van der Waals surface area (Å²) in [5, 5.41) is 11.9. The van der Waals surface area contributed by atoms with Crippen molar-refractivity contribution >= 4 is 11.5 Å². The van der Waals surface area contributed by atoms with Crippen molar-refractivity contribution < 1.29 is 9.60 Å². The molecule has 2 aromatic carbocycles. The molecule has 2 rings (SSSR count). The lowest BCUT2D eigenvalue weighted by atomic mass is 10.1. The maximum absolute atomic E-state index is 13.4. The highest BCUT2D eigenvalue weighted by molar-refractivity contribution is 5.98. The Kier molecular flexibility index (Phi) is 4.77. The van der Waals surface area contributed by atoms with Crippen LogP contribution in [0.15, 0.2) is 53.7 Å². The summed E-state index contributed by atoms with van der Waals surface area (Å²) in [4.78, 5) is 2.02. The quantitative estimate of drug-likeness (QED) is 0.385. The van der Waals surface area contributed by atoms with Gasteiger partial charge >= 0.3 is 0 Å². The Labute approximate surface area is 123 Å². The van der Waals surface area contributed by atoms with Crippen LogP contribution in [-0.2, 0) is 6.54 Å². The zero-order valence-electron chi connectivity index (χ0n) is 11.8. The van der Waals surface area contributed by atoms with Gasteiger partial charge in [-0.15, -0.1) is 0 Å². The van der Waals surface area contributed by atoms with E-state index >= 15 is 0 Å². The van der Waals surface area contributed by atoms with E-state index in [1.165, 1.54) is 12.1 Å². The van der Waals surface area contributed by atoms with Gasteiger partial charge < -0.3 is 15.8 Å². The summed E-state index contributed by atoms with van der Waals surface area (Å²) in [5.74, 6) is -0.198. The molecule has 0 heterocycles. The molecule has 0 aliphatic carbocycles. The minimum absolute atomic E-state index is 0.0703. The average molecular weight is 287 g/mol. The van der Waals surface area contributed by atoms with E-state index in [9.17, 15) is 4.39 Å². The Hall–Kier alpha value is -2.56. The number of halogens is 1. The molecule has 0 atom stereocenters. The lowest BCUT2D eigenvalue weighted by Crippen LogP contribution is -2.25. The zero-order valence-corrected chi connectivity index (χ0v) is 11.8. The Balaban J connectivity index is 2.31. The van der Waals surface area contributed by atoms with Crippen LogP contribution in [0.4, 0.5) is 10.1 Å². The molecule has 0 aliphatic rings. The normalized spacial score (nSPS) is 11.4. The Bertz CT molecular complexity index is 643. The topological polar surface area (TPSA) is 61.8 Å². The molecule has 0 saturated carbocycles. The predicted molar refractivity (Wildman–Crippen MR) is 82.1 cm³/mol. The molecule has 0 aliphatic heterocycles. The fraction of sp³-hybridized carbons (Fsp3) is 0.188. The number of amidine groups is 1. The van der Waals surface area contributed by atoms with Crippen LogP contribution in [0.5, 0.6) is 0 Å². The van der Waals surface area contributed by atoms with E-state index in [1.54, 1.807) is 12.1 Å². The number of benzene rings is 2. The van der Waals surface area contributed by atoms with Gasteiger partial charge in [0.1, 0.15) is 5.82 Å². The summed E-state index contributed by atoms with van der Waals surface area (Å²) < 4.78 is 13.4. The van der Waals surface area contributed by atoms with Crippen LogP contribution in [0.25, 0.3) is 0 Å². The van der Waals surface area contributed by atoms with Crippen LogP contribution in [0, 0.1) is 5.82 Å². The highest BCUT2D eigenvalue weighted by Gasteiger charge is 2.11. The second-order valence-corrected chi connectivity index (χ2v) is 4.64. The third-order valence-corrected chi connectivity index (χ3v) is 3.32. The maximum atomic E-state index is 13.4. The van der Waals surface area contributed by atoms with Gasteiger partial charge in [0.15, 0.2) is 5.84 Å². The van der Waals surface area contributed by atoms with Gasteiger partial charge in [-0.05, 0) is 30.7 Å². The van der Waals surface area contributed by atoms with Gasteiger partial charge in [-0.3, -0.25) is 0 Å². The number of nitrogens with zero attached hydrogens (tertiary/aromatic N) is 2. The van der Waals surface area contributed by atoms with Crippen molar-refractivity contribution in [2.75, 3.05) is 11.4 Å². The van der Waals surface area contributed by atoms with Crippen LogP contribution in [0.1, 0.15) is 18.1 Å². The number of anilines is 1. The van der Waals surface area contributed by atoms with Gasteiger partial charge in [0.2, 0.25) is 0 Å². The predicted octanol–water partition coefficient (Wildman–Crippen LogP) is 2.95.